The Bertz CT molecular complexity index is 1160. The zero-order valence-electron chi connectivity index (χ0n) is 20.8. The van der Waals surface area contributed by atoms with Gasteiger partial charge < -0.3 is 19.1 Å². The van der Waals surface area contributed by atoms with E-state index in [0.717, 1.165) is 38.6 Å². The van der Waals surface area contributed by atoms with E-state index in [9.17, 15) is 9.90 Å². The molecule has 1 saturated carbocycles. The van der Waals surface area contributed by atoms with Gasteiger partial charge in [0.1, 0.15) is 29.6 Å². The Hall–Kier alpha value is -3.27. The molecule has 10 heteroatoms. The molecule has 5 rings (SSSR count). The standard InChI is InChI=1S/C26H33N5O5/c1-16(18-8-6-13-31(18)2)35-21-15-22(36-20-10-14-34-30-20)29-25(28-21)23(27)17-7-5-12-26(24(17)33)11-4-3-9-19(26)32/h10,14-16,18,27,33H,3-9,11-13H2,1-2H3/t16-,18-,26+/m0/s1. The van der Waals surface area contributed by atoms with Gasteiger partial charge in [0.2, 0.25) is 11.8 Å². The molecule has 3 heterocycles. The van der Waals surface area contributed by atoms with Crippen molar-refractivity contribution in [3.05, 3.63) is 35.6 Å². The molecule has 2 N–H and O–H groups in total. The maximum absolute atomic E-state index is 12.9. The molecule has 3 atom stereocenters. The molecular formula is C26H33N5O5. The summed E-state index contributed by atoms with van der Waals surface area (Å²) in [7, 11) is 2.08. The minimum absolute atomic E-state index is 0.0123. The normalized spacial score (nSPS) is 25.8. The Labute approximate surface area is 210 Å². The van der Waals surface area contributed by atoms with Crippen molar-refractivity contribution in [2.24, 2.45) is 5.41 Å². The summed E-state index contributed by atoms with van der Waals surface area (Å²) in [6, 6.07) is 3.38. The van der Waals surface area contributed by atoms with Crippen LogP contribution in [0.4, 0.5) is 0 Å². The van der Waals surface area contributed by atoms with Crippen LogP contribution in [0.25, 0.3) is 0 Å². The Balaban J connectivity index is 1.48. The van der Waals surface area contributed by atoms with Crippen LogP contribution in [0.5, 0.6) is 17.6 Å². The first-order chi connectivity index (χ1) is 17.4. The Morgan fingerprint density at radius 2 is 2.00 bits per heavy atom. The van der Waals surface area contributed by atoms with Gasteiger partial charge in [-0.2, -0.15) is 9.97 Å². The number of likely N-dealkylation sites (N-methyl/N-ethyl adjacent to an activating group) is 1. The molecule has 192 valence electrons. The van der Waals surface area contributed by atoms with Crippen LogP contribution in [0.3, 0.4) is 0 Å². The Kier molecular flexibility index (Phi) is 6.79. The summed E-state index contributed by atoms with van der Waals surface area (Å²) in [6.07, 6.45) is 8.03. The average molecular weight is 496 g/mol. The SMILES string of the molecule is C[C@H](Oc1cc(Oc2ccon2)nc(C(=N)C2=C(O)[C@]3(CCCCC3=O)CCC2)n1)[C@@H]1CCCN1C. The lowest BCUT2D eigenvalue weighted by Gasteiger charge is -2.39. The van der Waals surface area contributed by atoms with Crippen molar-refractivity contribution in [2.75, 3.05) is 13.6 Å². The number of aliphatic hydroxyl groups excluding tert-OH is 1. The number of ketones is 1. The fourth-order valence-electron chi connectivity index (χ4n) is 5.86. The van der Waals surface area contributed by atoms with Crippen molar-refractivity contribution >= 4 is 11.5 Å². The number of nitrogens with zero attached hydrogens (tertiary/aromatic N) is 4. The second-order valence-electron chi connectivity index (χ2n) is 10.1. The van der Waals surface area contributed by atoms with Crippen molar-refractivity contribution in [1.82, 2.24) is 20.0 Å². The number of hydrogen-bond acceptors (Lipinski definition) is 10. The van der Waals surface area contributed by atoms with Gasteiger partial charge in [-0.25, -0.2) is 0 Å². The number of ether oxygens (including phenoxy) is 2. The molecule has 2 aromatic heterocycles. The molecule has 2 fully saturated rings. The van der Waals surface area contributed by atoms with Crippen LogP contribution >= 0.6 is 0 Å². The van der Waals surface area contributed by atoms with E-state index < -0.39 is 5.41 Å². The van der Waals surface area contributed by atoms with E-state index in [1.807, 2.05) is 6.92 Å². The molecule has 36 heavy (non-hydrogen) atoms. The number of hydrogen-bond donors (Lipinski definition) is 2. The van der Waals surface area contributed by atoms with E-state index in [0.29, 0.717) is 31.3 Å². The number of allylic oxidation sites excluding steroid dienone is 2. The zero-order valence-corrected chi connectivity index (χ0v) is 20.8. The quantitative estimate of drug-likeness (QED) is 0.528. The number of aliphatic hydroxyl groups is 1. The summed E-state index contributed by atoms with van der Waals surface area (Å²) in [4.78, 5) is 24.1. The Morgan fingerprint density at radius 3 is 2.72 bits per heavy atom. The van der Waals surface area contributed by atoms with Crippen LogP contribution in [-0.4, -0.2) is 62.4 Å². The van der Waals surface area contributed by atoms with Gasteiger partial charge >= 0.3 is 0 Å². The average Bonchev–Trinajstić information content (AvgIpc) is 3.53. The van der Waals surface area contributed by atoms with Gasteiger partial charge in [0.15, 0.2) is 5.82 Å². The first-order valence-electron chi connectivity index (χ1n) is 12.8. The fraction of sp³-hybridized carbons (Fsp3) is 0.577. The molecule has 0 bridgehead atoms. The minimum atomic E-state index is -0.881. The second-order valence-corrected chi connectivity index (χ2v) is 10.1. The first kappa shape index (κ1) is 24.4. The molecule has 0 radical (unpaired) electrons. The molecule has 1 saturated heterocycles. The zero-order chi connectivity index (χ0) is 25.3. The van der Waals surface area contributed by atoms with Gasteiger partial charge in [0.05, 0.1) is 11.5 Å². The van der Waals surface area contributed by atoms with E-state index >= 15 is 0 Å². The lowest BCUT2D eigenvalue weighted by molar-refractivity contribution is -0.131. The van der Waals surface area contributed by atoms with Crippen molar-refractivity contribution in [3.8, 4) is 17.6 Å². The van der Waals surface area contributed by atoms with Crippen LogP contribution in [0, 0.1) is 10.8 Å². The van der Waals surface area contributed by atoms with Crippen molar-refractivity contribution in [2.45, 2.75) is 76.9 Å². The lowest BCUT2D eigenvalue weighted by atomic mass is 9.64. The lowest BCUT2D eigenvalue weighted by Crippen LogP contribution is -2.39. The number of rotatable bonds is 7. The number of aromatic nitrogens is 3. The summed E-state index contributed by atoms with van der Waals surface area (Å²) >= 11 is 0. The molecule has 1 spiro atoms. The van der Waals surface area contributed by atoms with Crippen molar-refractivity contribution in [3.63, 3.8) is 0 Å². The third-order valence-electron chi connectivity index (χ3n) is 7.81. The molecule has 0 unspecified atom stereocenters. The summed E-state index contributed by atoms with van der Waals surface area (Å²) in [6.45, 7) is 3.03. The Morgan fingerprint density at radius 1 is 1.19 bits per heavy atom. The smallest absolute Gasteiger partial charge is 0.260 e. The van der Waals surface area contributed by atoms with Crippen LogP contribution in [-0.2, 0) is 4.79 Å². The molecule has 10 nitrogen and oxygen atoms in total. The van der Waals surface area contributed by atoms with Gasteiger partial charge in [-0.3, -0.25) is 15.1 Å². The second kappa shape index (κ2) is 10.0. The number of Topliss-reactive ketones (excluding diaryl/α,β-unsaturated/α-hetero) is 1. The molecule has 2 aliphatic carbocycles. The van der Waals surface area contributed by atoms with Gasteiger partial charge in [-0.15, -0.1) is 0 Å². The van der Waals surface area contributed by atoms with Gasteiger partial charge in [0, 0.05) is 24.1 Å². The predicted molar refractivity (Wildman–Crippen MR) is 131 cm³/mol. The highest BCUT2D eigenvalue weighted by atomic mass is 16.5. The maximum atomic E-state index is 12.9. The third-order valence-corrected chi connectivity index (χ3v) is 7.81. The highest BCUT2D eigenvalue weighted by molar-refractivity contribution is 6.09. The minimum Gasteiger partial charge on any atom is -0.511 e. The number of carbonyl (C=O) groups excluding carboxylic acids is 1. The van der Waals surface area contributed by atoms with Crippen LogP contribution in [0.2, 0.25) is 0 Å². The van der Waals surface area contributed by atoms with E-state index in [-0.39, 0.29) is 52.9 Å². The van der Waals surface area contributed by atoms with Crippen LogP contribution < -0.4 is 9.47 Å². The molecule has 3 aliphatic rings. The van der Waals surface area contributed by atoms with E-state index in [2.05, 4.69) is 27.1 Å². The predicted octanol–water partition coefficient (Wildman–Crippen LogP) is 4.61. The monoisotopic (exact) mass is 495 g/mol. The number of likely N-dealkylation sites (tertiary alicyclic amines) is 1. The molecule has 0 amide bonds. The van der Waals surface area contributed by atoms with Crippen molar-refractivity contribution in [1.29, 1.82) is 5.41 Å². The molecule has 0 aromatic carbocycles. The highest BCUT2D eigenvalue weighted by Crippen LogP contribution is 2.48. The summed E-state index contributed by atoms with van der Waals surface area (Å²) in [5.74, 6) is 0.791. The maximum Gasteiger partial charge on any atom is 0.260 e. The van der Waals surface area contributed by atoms with Crippen LogP contribution in [0.1, 0.15) is 70.5 Å². The third kappa shape index (κ3) is 4.61. The summed E-state index contributed by atoms with van der Waals surface area (Å²) in [5, 5.41) is 24.0. The topological polar surface area (TPSA) is 135 Å². The van der Waals surface area contributed by atoms with Crippen LogP contribution in [0.15, 0.2) is 34.3 Å². The highest BCUT2D eigenvalue weighted by Gasteiger charge is 2.47. The van der Waals surface area contributed by atoms with Gasteiger partial charge in [-0.05, 0) is 70.6 Å². The number of carbonyl (C=O) groups is 1. The van der Waals surface area contributed by atoms with Crippen molar-refractivity contribution < 1.29 is 23.9 Å². The largest absolute Gasteiger partial charge is 0.511 e. The fourth-order valence-corrected chi connectivity index (χ4v) is 5.86. The molecule has 2 aromatic rings. The summed E-state index contributed by atoms with van der Waals surface area (Å²) in [5.41, 5.74) is -0.482. The van der Waals surface area contributed by atoms with E-state index in [1.54, 1.807) is 12.1 Å². The molecule has 1 aliphatic heterocycles. The van der Waals surface area contributed by atoms with E-state index in [4.69, 9.17) is 19.4 Å². The summed E-state index contributed by atoms with van der Waals surface area (Å²) < 4.78 is 16.8. The van der Waals surface area contributed by atoms with Gasteiger partial charge in [-0.1, -0.05) is 6.42 Å². The van der Waals surface area contributed by atoms with Gasteiger partial charge in [0.25, 0.3) is 5.88 Å². The van der Waals surface area contributed by atoms with E-state index in [1.165, 1.54) is 6.26 Å². The number of nitrogens with one attached hydrogen (secondary N) is 1. The molecular weight excluding hydrogens is 462 g/mol. The first-order valence-corrected chi connectivity index (χ1v) is 12.8.